The minimum absolute atomic E-state index is 0.0158. The highest BCUT2D eigenvalue weighted by Gasteiger charge is 2.34. The van der Waals surface area contributed by atoms with Gasteiger partial charge in [0.2, 0.25) is 11.8 Å². The molecular formula is C33H33ClFN3O5S. The van der Waals surface area contributed by atoms with Crippen LogP contribution in [0.3, 0.4) is 0 Å². The number of likely N-dealkylation sites (N-methyl/N-ethyl adjacent to an activating group) is 1. The zero-order valence-electron chi connectivity index (χ0n) is 24.3. The van der Waals surface area contributed by atoms with E-state index in [9.17, 15) is 22.4 Å². The third kappa shape index (κ3) is 8.15. The van der Waals surface area contributed by atoms with Crippen molar-refractivity contribution in [2.24, 2.45) is 0 Å². The molecule has 0 aliphatic heterocycles. The standard InChI is InChI=1S/C33H33ClFN3O5S/c1-3-43-29-16-14-28(15-17-29)38(44(41,42)30-18-12-27(35)13-19-30)23-32(39)37(22-25-10-7-11-26(34)20-25)31(33(40)36-2)21-24-8-5-4-6-9-24/h4-20,31H,3,21-23H2,1-2H3,(H,36,40). The van der Waals surface area contributed by atoms with Crippen LogP contribution in [0, 0.1) is 5.82 Å². The fourth-order valence-corrected chi connectivity index (χ4v) is 6.32. The van der Waals surface area contributed by atoms with Gasteiger partial charge in [-0.1, -0.05) is 54.1 Å². The number of nitrogens with one attached hydrogen (secondary N) is 1. The van der Waals surface area contributed by atoms with Crippen LogP contribution in [0.5, 0.6) is 5.75 Å². The van der Waals surface area contributed by atoms with Gasteiger partial charge >= 0.3 is 0 Å². The molecule has 11 heteroatoms. The van der Waals surface area contributed by atoms with E-state index in [1.165, 1.54) is 24.1 Å². The summed E-state index contributed by atoms with van der Waals surface area (Å²) in [6.45, 7) is 1.58. The van der Waals surface area contributed by atoms with Gasteiger partial charge in [0.25, 0.3) is 10.0 Å². The number of sulfonamides is 1. The summed E-state index contributed by atoms with van der Waals surface area (Å²) < 4.78 is 48.1. The third-order valence-electron chi connectivity index (χ3n) is 6.88. The lowest BCUT2D eigenvalue weighted by Crippen LogP contribution is -2.53. The molecule has 0 aromatic heterocycles. The predicted octanol–water partition coefficient (Wildman–Crippen LogP) is 5.46. The van der Waals surface area contributed by atoms with Crippen molar-refractivity contribution in [2.75, 3.05) is 24.5 Å². The van der Waals surface area contributed by atoms with E-state index in [0.717, 1.165) is 34.1 Å². The molecule has 1 N–H and O–H groups in total. The fourth-order valence-electron chi connectivity index (χ4n) is 4.69. The molecule has 2 amide bonds. The number of carbonyl (C=O) groups is 2. The van der Waals surface area contributed by atoms with Gasteiger partial charge in [0, 0.05) is 25.0 Å². The molecule has 0 aliphatic rings. The molecule has 0 spiro atoms. The average molecular weight is 638 g/mol. The van der Waals surface area contributed by atoms with E-state index in [-0.39, 0.29) is 23.5 Å². The van der Waals surface area contributed by atoms with E-state index in [2.05, 4.69) is 5.32 Å². The van der Waals surface area contributed by atoms with Crippen molar-refractivity contribution in [3.8, 4) is 5.75 Å². The Hall–Kier alpha value is -4.41. The van der Waals surface area contributed by atoms with Crippen molar-refractivity contribution < 1.29 is 27.1 Å². The maximum Gasteiger partial charge on any atom is 0.264 e. The second-order valence-corrected chi connectivity index (χ2v) is 12.2. The van der Waals surface area contributed by atoms with E-state index in [4.69, 9.17) is 16.3 Å². The first-order valence-corrected chi connectivity index (χ1v) is 15.7. The van der Waals surface area contributed by atoms with Crippen LogP contribution >= 0.6 is 11.6 Å². The lowest BCUT2D eigenvalue weighted by molar-refractivity contribution is -0.139. The molecule has 0 bridgehead atoms. The first-order chi connectivity index (χ1) is 21.1. The highest BCUT2D eigenvalue weighted by Crippen LogP contribution is 2.27. The maximum atomic E-state index is 14.3. The zero-order valence-corrected chi connectivity index (χ0v) is 25.9. The Morgan fingerprint density at radius 2 is 1.57 bits per heavy atom. The van der Waals surface area contributed by atoms with Gasteiger partial charge in [-0.3, -0.25) is 13.9 Å². The summed E-state index contributed by atoms with van der Waals surface area (Å²) in [6.07, 6.45) is 0.181. The molecule has 44 heavy (non-hydrogen) atoms. The van der Waals surface area contributed by atoms with E-state index >= 15 is 0 Å². The van der Waals surface area contributed by atoms with Gasteiger partial charge in [0.15, 0.2) is 0 Å². The SMILES string of the molecule is CCOc1ccc(N(CC(=O)N(Cc2cccc(Cl)c2)C(Cc2ccccc2)C(=O)NC)S(=O)(=O)c2ccc(F)cc2)cc1. The molecule has 4 aromatic carbocycles. The number of rotatable bonds is 13. The smallest absolute Gasteiger partial charge is 0.264 e. The van der Waals surface area contributed by atoms with E-state index < -0.39 is 40.2 Å². The van der Waals surface area contributed by atoms with E-state index in [0.29, 0.717) is 22.9 Å². The Morgan fingerprint density at radius 3 is 2.18 bits per heavy atom. The number of hydrogen-bond donors (Lipinski definition) is 1. The van der Waals surface area contributed by atoms with Gasteiger partial charge in [0.1, 0.15) is 24.2 Å². The highest BCUT2D eigenvalue weighted by molar-refractivity contribution is 7.92. The normalized spacial score (nSPS) is 11.8. The summed E-state index contributed by atoms with van der Waals surface area (Å²) in [5, 5.41) is 3.09. The Kier molecular flexibility index (Phi) is 11.0. The van der Waals surface area contributed by atoms with Crippen LogP contribution in [-0.4, -0.2) is 51.4 Å². The molecule has 230 valence electrons. The quantitative estimate of drug-likeness (QED) is 0.210. The lowest BCUT2D eigenvalue weighted by atomic mass is 10.0. The molecule has 0 heterocycles. The number of halogens is 2. The number of anilines is 1. The number of ether oxygens (including phenoxy) is 1. The molecule has 0 saturated carbocycles. The van der Waals surface area contributed by atoms with Crippen LogP contribution in [0.15, 0.2) is 108 Å². The van der Waals surface area contributed by atoms with Crippen LogP contribution in [0.2, 0.25) is 5.02 Å². The van der Waals surface area contributed by atoms with Crippen molar-refractivity contribution in [2.45, 2.75) is 30.8 Å². The summed E-state index contributed by atoms with van der Waals surface area (Å²) in [6, 6.07) is 25.7. The molecule has 4 rings (SSSR count). The number of carbonyl (C=O) groups excluding carboxylic acids is 2. The third-order valence-corrected chi connectivity index (χ3v) is 8.90. The Balaban J connectivity index is 1.78. The topological polar surface area (TPSA) is 96.0 Å². The van der Waals surface area contributed by atoms with Gasteiger partial charge in [0.05, 0.1) is 17.2 Å². The first-order valence-electron chi connectivity index (χ1n) is 13.9. The fraction of sp³-hybridized carbons (Fsp3) is 0.212. The summed E-state index contributed by atoms with van der Waals surface area (Å²) in [4.78, 5) is 28.8. The minimum atomic E-state index is -4.36. The van der Waals surface area contributed by atoms with Gasteiger partial charge in [-0.15, -0.1) is 0 Å². The van der Waals surface area contributed by atoms with E-state index in [1.54, 1.807) is 36.4 Å². The van der Waals surface area contributed by atoms with Crippen molar-refractivity contribution >= 4 is 39.1 Å². The second-order valence-electron chi connectivity index (χ2n) is 9.86. The Morgan fingerprint density at radius 1 is 0.909 bits per heavy atom. The average Bonchev–Trinajstić information content (AvgIpc) is 3.02. The largest absolute Gasteiger partial charge is 0.494 e. The highest BCUT2D eigenvalue weighted by atomic mass is 35.5. The molecule has 8 nitrogen and oxygen atoms in total. The molecule has 0 fully saturated rings. The summed E-state index contributed by atoms with van der Waals surface area (Å²) in [7, 11) is -2.88. The van der Waals surface area contributed by atoms with Crippen LogP contribution in [0.25, 0.3) is 0 Å². The summed E-state index contributed by atoms with van der Waals surface area (Å²) in [5.74, 6) is -1.13. The number of amides is 2. The molecule has 0 radical (unpaired) electrons. The summed E-state index contributed by atoms with van der Waals surface area (Å²) in [5.41, 5.74) is 1.66. The molecule has 4 aromatic rings. The van der Waals surface area contributed by atoms with Crippen molar-refractivity contribution in [3.05, 3.63) is 125 Å². The van der Waals surface area contributed by atoms with Gasteiger partial charge in [-0.2, -0.15) is 0 Å². The monoisotopic (exact) mass is 637 g/mol. The zero-order chi connectivity index (χ0) is 31.7. The van der Waals surface area contributed by atoms with Crippen molar-refractivity contribution in [3.63, 3.8) is 0 Å². The molecule has 0 saturated heterocycles. The maximum absolute atomic E-state index is 14.3. The predicted molar refractivity (Wildman–Crippen MR) is 169 cm³/mol. The van der Waals surface area contributed by atoms with Crippen LogP contribution in [-0.2, 0) is 32.6 Å². The van der Waals surface area contributed by atoms with Crippen LogP contribution in [0.4, 0.5) is 10.1 Å². The number of hydrogen-bond acceptors (Lipinski definition) is 5. The van der Waals surface area contributed by atoms with Gasteiger partial charge in [-0.25, -0.2) is 12.8 Å². The van der Waals surface area contributed by atoms with Crippen LogP contribution in [0.1, 0.15) is 18.1 Å². The van der Waals surface area contributed by atoms with Gasteiger partial charge in [-0.05, 0) is 78.7 Å². The summed E-state index contributed by atoms with van der Waals surface area (Å²) >= 11 is 6.24. The molecule has 1 unspecified atom stereocenters. The van der Waals surface area contributed by atoms with Crippen molar-refractivity contribution in [1.82, 2.24) is 10.2 Å². The minimum Gasteiger partial charge on any atom is -0.494 e. The van der Waals surface area contributed by atoms with Gasteiger partial charge < -0.3 is 15.0 Å². The van der Waals surface area contributed by atoms with E-state index in [1.807, 2.05) is 37.3 Å². The second kappa shape index (κ2) is 14.9. The molecule has 0 aliphatic carbocycles. The van der Waals surface area contributed by atoms with Crippen molar-refractivity contribution in [1.29, 1.82) is 0 Å². The van der Waals surface area contributed by atoms with Crippen LogP contribution < -0.4 is 14.4 Å². The number of nitrogens with zero attached hydrogens (tertiary/aromatic N) is 2. The Bertz CT molecular complexity index is 1670. The molecular weight excluding hydrogens is 605 g/mol. The molecule has 1 atom stereocenters. The lowest BCUT2D eigenvalue weighted by Gasteiger charge is -2.33. The Labute approximate surface area is 262 Å². The first kappa shape index (κ1) is 32.5. The number of benzene rings is 4.